The third-order valence-corrected chi connectivity index (χ3v) is 12.5. The van der Waals surface area contributed by atoms with Gasteiger partial charge in [-0.15, -0.1) is 0 Å². The molecular weight excluding hydrogens is 765 g/mol. The molecule has 366 valence electrons. The summed E-state index contributed by atoms with van der Waals surface area (Å²) >= 11 is 0. The van der Waals surface area contributed by atoms with Crippen molar-refractivity contribution in [3.8, 4) is 0 Å². The number of rotatable bonds is 52. The van der Waals surface area contributed by atoms with Crippen molar-refractivity contribution in [2.24, 2.45) is 0 Å². The Labute approximate surface area is 387 Å². The molecule has 0 radical (unpaired) electrons. The maximum atomic E-state index is 12.8. The maximum absolute atomic E-state index is 12.8. The molecular formula is C57H108O5. The van der Waals surface area contributed by atoms with Crippen LogP contribution in [-0.2, 0) is 23.8 Å². The SMILES string of the molecule is CCCCC/C=C\C/C=C\CCCCCCCCCCCC(=O)O[C@H](COCCCCCCCCCCCCCCCCCC)COC(=O)CCCCCCCCCCCCC. The van der Waals surface area contributed by atoms with Crippen LogP contribution in [0.5, 0.6) is 0 Å². The molecule has 0 unspecified atom stereocenters. The molecule has 0 aromatic heterocycles. The molecule has 0 saturated heterocycles. The zero-order chi connectivity index (χ0) is 44.9. The second kappa shape index (κ2) is 53.7. The number of hydrogen-bond donors (Lipinski definition) is 0. The average molecular weight is 873 g/mol. The van der Waals surface area contributed by atoms with Crippen LogP contribution in [0, 0.1) is 0 Å². The third kappa shape index (κ3) is 51.0. The molecule has 0 fully saturated rings. The second-order valence-electron chi connectivity index (χ2n) is 18.9. The Kier molecular flexibility index (Phi) is 52.3. The Hall–Kier alpha value is -1.62. The van der Waals surface area contributed by atoms with E-state index in [1.54, 1.807) is 0 Å². The van der Waals surface area contributed by atoms with E-state index in [0.717, 1.165) is 38.5 Å². The Morgan fingerprint density at radius 2 is 0.677 bits per heavy atom. The maximum Gasteiger partial charge on any atom is 0.306 e. The van der Waals surface area contributed by atoms with E-state index in [2.05, 4.69) is 45.1 Å². The third-order valence-electron chi connectivity index (χ3n) is 12.5. The predicted molar refractivity (Wildman–Crippen MR) is 270 cm³/mol. The van der Waals surface area contributed by atoms with E-state index >= 15 is 0 Å². The number of carbonyl (C=O) groups excluding carboxylic acids is 2. The zero-order valence-electron chi connectivity index (χ0n) is 42.2. The Balaban J connectivity index is 4.19. The summed E-state index contributed by atoms with van der Waals surface area (Å²) in [6.07, 6.45) is 63.3. The van der Waals surface area contributed by atoms with Crippen LogP contribution in [0.25, 0.3) is 0 Å². The number of allylic oxidation sites excluding steroid dienone is 4. The van der Waals surface area contributed by atoms with Crippen molar-refractivity contribution in [3.63, 3.8) is 0 Å². The lowest BCUT2D eigenvalue weighted by atomic mass is 10.0. The average Bonchev–Trinajstić information content (AvgIpc) is 3.27. The summed E-state index contributed by atoms with van der Waals surface area (Å²) in [6.45, 7) is 7.86. The van der Waals surface area contributed by atoms with Crippen molar-refractivity contribution in [2.75, 3.05) is 19.8 Å². The van der Waals surface area contributed by atoms with Gasteiger partial charge in [-0.05, 0) is 51.4 Å². The van der Waals surface area contributed by atoms with Crippen LogP contribution >= 0.6 is 0 Å². The van der Waals surface area contributed by atoms with Crippen LogP contribution in [-0.4, -0.2) is 37.9 Å². The quantitative estimate of drug-likeness (QED) is 0.0346. The van der Waals surface area contributed by atoms with Crippen molar-refractivity contribution in [2.45, 2.75) is 309 Å². The Morgan fingerprint density at radius 1 is 0.355 bits per heavy atom. The van der Waals surface area contributed by atoms with Gasteiger partial charge in [-0.3, -0.25) is 9.59 Å². The van der Waals surface area contributed by atoms with Crippen LogP contribution in [0.15, 0.2) is 24.3 Å². The molecule has 0 aliphatic rings. The monoisotopic (exact) mass is 873 g/mol. The van der Waals surface area contributed by atoms with Crippen molar-refractivity contribution >= 4 is 11.9 Å². The first-order chi connectivity index (χ1) is 30.6. The number of esters is 2. The molecule has 0 bridgehead atoms. The number of unbranched alkanes of at least 4 members (excludes halogenated alkanes) is 37. The fraction of sp³-hybridized carbons (Fsp3) is 0.895. The lowest BCUT2D eigenvalue weighted by molar-refractivity contribution is -0.163. The van der Waals surface area contributed by atoms with E-state index in [9.17, 15) is 9.59 Å². The number of ether oxygens (including phenoxy) is 3. The summed E-state index contributed by atoms with van der Waals surface area (Å²) in [5, 5.41) is 0. The van der Waals surface area contributed by atoms with Gasteiger partial charge in [-0.2, -0.15) is 0 Å². The highest BCUT2D eigenvalue weighted by molar-refractivity contribution is 5.70. The van der Waals surface area contributed by atoms with Gasteiger partial charge in [0.15, 0.2) is 6.10 Å². The van der Waals surface area contributed by atoms with Crippen LogP contribution in [0.4, 0.5) is 0 Å². The lowest BCUT2D eigenvalue weighted by Gasteiger charge is -2.18. The summed E-state index contributed by atoms with van der Waals surface area (Å²) < 4.78 is 17.5. The molecule has 5 nitrogen and oxygen atoms in total. The molecule has 0 spiro atoms. The largest absolute Gasteiger partial charge is 0.462 e. The normalized spacial score (nSPS) is 12.2. The highest BCUT2D eigenvalue weighted by Gasteiger charge is 2.17. The standard InChI is InChI=1S/C57H108O5/c1-4-7-10-13-16-19-22-24-26-28-29-30-31-33-36-39-42-45-48-51-57(59)62-55(54-61-56(58)50-47-44-41-38-35-21-18-15-12-9-6-3)53-60-52-49-46-43-40-37-34-32-27-25-23-20-17-14-11-8-5-2/h16,19,24,26,55H,4-15,17-18,20-23,25,27-54H2,1-3H3/b19-16-,26-24-/t55-/m1/s1. The molecule has 0 aromatic carbocycles. The highest BCUT2D eigenvalue weighted by Crippen LogP contribution is 2.16. The van der Waals surface area contributed by atoms with Gasteiger partial charge in [0, 0.05) is 19.4 Å². The van der Waals surface area contributed by atoms with E-state index in [1.165, 1.54) is 231 Å². The molecule has 1 atom stereocenters. The molecule has 62 heavy (non-hydrogen) atoms. The van der Waals surface area contributed by atoms with Crippen molar-refractivity contribution in [1.82, 2.24) is 0 Å². The molecule has 0 saturated carbocycles. The molecule has 5 heteroatoms. The molecule has 0 aliphatic carbocycles. The van der Waals surface area contributed by atoms with Gasteiger partial charge >= 0.3 is 11.9 Å². The topological polar surface area (TPSA) is 61.8 Å². The summed E-state index contributed by atoms with van der Waals surface area (Å²) in [5.74, 6) is -0.382. The first-order valence-electron chi connectivity index (χ1n) is 27.9. The summed E-state index contributed by atoms with van der Waals surface area (Å²) in [7, 11) is 0. The zero-order valence-corrected chi connectivity index (χ0v) is 42.2. The summed E-state index contributed by atoms with van der Waals surface area (Å²) in [6, 6.07) is 0. The highest BCUT2D eigenvalue weighted by atomic mass is 16.6. The first-order valence-corrected chi connectivity index (χ1v) is 27.9. The Bertz CT molecular complexity index is 943. The van der Waals surface area contributed by atoms with E-state index in [4.69, 9.17) is 14.2 Å². The number of hydrogen-bond acceptors (Lipinski definition) is 5. The van der Waals surface area contributed by atoms with Gasteiger partial charge in [0.1, 0.15) is 6.61 Å². The van der Waals surface area contributed by atoms with Crippen molar-refractivity contribution in [1.29, 1.82) is 0 Å². The van der Waals surface area contributed by atoms with E-state index in [1.807, 2.05) is 0 Å². The molecule has 0 heterocycles. The minimum Gasteiger partial charge on any atom is -0.462 e. The Morgan fingerprint density at radius 3 is 1.10 bits per heavy atom. The van der Waals surface area contributed by atoms with Crippen molar-refractivity contribution in [3.05, 3.63) is 24.3 Å². The first kappa shape index (κ1) is 60.4. The van der Waals surface area contributed by atoms with Gasteiger partial charge in [-0.25, -0.2) is 0 Å². The van der Waals surface area contributed by atoms with Gasteiger partial charge in [-0.1, -0.05) is 263 Å². The van der Waals surface area contributed by atoms with Crippen LogP contribution in [0.1, 0.15) is 303 Å². The summed E-state index contributed by atoms with van der Waals surface area (Å²) in [4.78, 5) is 25.4. The van der Waals surface area contributed by atoms with Crippen LogP contribution < -0.4 is 0 Å². The molecule has 0 aromatic rings. The lowest BCUT2D eigenvalue weighted by Crippen LogP contribution is -2.30. The van der Waals surface area contributed by atoms with E-state index in [0.29, 0.717) is 26.1 Å². The van der Waals surface area contributed by atoms with Gasteiger partial charge in [0.05, 0.1) is 6.61 Å². The minimum absolute atomic E-state index is 0.0917. The van der Waals surface area contributed by atoms with Crippen LogP contribution in [0.2, 0.25) is 0 Å². The molecule has 0 rings (SSSR count). The fourth-order valence-corrected chi connectivity index (χ4v) is 8.31. The van der Waals surface area contributed by atoms with Gasteiger partial charge < -0.3 is 14.2 Å². The predicted octanol–water partition coefficient (Wildman–Crippen LogP) is 18.8. The minimum atomic E-state index is -0.530. The number of carbonyl (C=O) groups is 2. The smallest absolute Gasteiger partial charge is 0.306 e. The fourth-order valence-electron chi connectivity index (χ4n) is 8.31. The van der Waals surface area contributed by atoms with E-state index in [-0.39, 0.29) is 18.5 Å². The molecule has 0 amide bonds. The summed E-state index contributed by atoms with van der Waals surface area (Å²) in [5.41, 5.74) is 0. The van der Waals surface area contributed by atoms with Gasteiger partial charge in [0.2, 0.25) is 0 Å². The van der Waals surface area contributed by atoms with Crippen LogP contribution in [0.3, 0.4) is 0 Å². The second-order valence-corrected chi connectivity index (χ2v) is 18.9. The van der Waals surface area contributed by atoms with E-state index < -0.39 is 6.10 Å². The van der Waals surface area contributed by atoms with Crippen molar-refractivity contribution < 1.29 is 23.8 Å². The molecule has 0 aliphatic heterocycles. The van der Waals surface area contributed by atoms with Gasteiger partial charge in [0.25, 0.3) is 0 Å². The molecule has 0 N–H and O–H groups in total.